The third-order valence-corrected chi connectivity index (χ3v) is 5.46. The number of benzene rings is 3. The molecular weight excluding hydrogens is 550 g/mol. The fraction of sp³-hybridized carbons (Fsp3) is 0.0952. The zero-order chi connectivity index (χ0) is 18.7. The van der Waals surface area contributed by atoms with Crippen molar-refractivity contribution in [2.24, 2.45) is 0 Å². The molecule has 0 bridgehead atoms. The minimum absolute atomic E-state index is 0.0413. The Balaban J connectivity index is 1.96. The molecule has 0 heterocycles. The van der Waals surface area contributed by atoms with Crippen molar-refractivity contribution in [1.29, 1.82) is 0 Å². The third-order valence-electron chi connectivity index (χ3n) is 4.12. The predicted molar refractivity (Wildman–Crippen MR) is 126 cm³/mol. The van der Waals surface area contributed by atoms with E-state index in [1.165, 1.54) is 3.57 Å². The molecule has 0 atom stereocenters. The van der Waals surface area contributed by atoms with Crippen LogP contribution in [0.3, 0.4) is 0 Å². The number of hydrogen-bond acceptors (Lipinski definition) is 2. The maximum atomic E-state index is 13.1. The van der Waals surface area contributed by atoms with Crippen molar-refractivity contribution in [2.45, 2.75) is 6.92 Å². The van der Waals surface area contributed by atoms with Crippen LogP contribution in [0.25, 0.3) is 0 Å². The number of hydrogen-bond donors (Lipinski definition) is 1. The van der Waals surface area contributed by atoms with E-state index in [0.29, 0.717) is 5.56 Å². The first kappa shape index (κ1) is 19.2. The van der Waals surface area contributed by atoms with Crippen LogP contribution in [-0.4, -0.2) is 13.0 Å². The second kappa shape index (κ2) is 8.39. The van der Waals surface area contributed by atoms with Crippen LogP contribution in [0.2, 0.25) is 0 Å². The van der Waals surface area contributed by atoms with Gasteiger partial charge in [0.05, 0.1) is 11.3 Å². The molecule has 0 spiro atoms. The molecule has 0 saturated carbocycles. The molecule has 3 nitrogen and oxygen atoms in total. The number of nitrogens with zero attached hydrogens (tertiary/aromatic N) is 1. The summed E-state index contributed by atoms with van der Waals surface area (Å²) in [5.74, 6) is -0.0413. The molecule has 0 aliphatic rings. The number of nitrogens with one attached hydrogen (secondary N) is 1. The second-order valence-electron chi connectivity index (χ2n) is 5.97. The van der Waals surface area contributed by atoms with E-state index in [9.17, 15) is 4.79 Å². The van der Waals surface area contributed by atoms with Gasteiger partial charge in [0.25, 0.3) is 5.91 Å². The van der Waals surface area contributed by atoms with Crippen molar-refractivity contribution >= 4 is 68.2 Å². The summed E-state index contributed by atoms with van der Waals surface area (Å²) in [5, 5.41) is 3.43. The predicted octanol–water partition coefficient (Wildman–Crippen LogP) is 6.22. The van der Waals surface area contributed by atoms with Gasteiger partial charge in [0.1, 0.15) is 0 Å². The van der Waals surface area contributed by atoms with Gasteiger partial charge in [-0.2, -0.15) is 0 Å². The molecule has 5 heteroatoms. The van der Waals surface area contributed by atoms with Crippen LogP contribution in [-0.2, 0) is 0 Å². The normalized spacial score (nSPS) is 10.5. The lowest BCUT2D eigenvalue weighted by atomic mass is 10.1. The van der Waals surface area contributed by atoms with Crippen molar-refractivity contribution in [2.75, 3.05) is 17.3 Å². The van der Waals surface area contributed by atoms with Crippen LogP contribution in [0.15, 0.2) is 66.7 Å². The van der Waals surface area contributed by atoms with Crippen LogP contribution >= 0.6 is 45.2 Å². The fourth-order valence-corrected chi connectivity index (χ4v) is 3.80. The zero-order valence-electron chi connectivity index (χ0n) is 14.5. The van der Waals surface area contributed by atoms with Crippen LogP contribution in [0.5, 0.6) is 0 Å². The number of para-hydroxylation sites is 1. The maximum Gasteiger partial charge on any atom is 0.260 e. The Hall–Kier alpha value is -1.61. The van der Waals surface area contributed by atoms with E-state index >= 15 is 0 Å². The summed E-state index contributed by atoms with van der Waals surface area (Å²) in [4.78, 5) is 14.8. The quantitative estimate of drug-likeness (QED) is 0.379. The van der Waals surface area contributed by atoms with Crippen molar-refractivity contribution in [3.8, 4) is 0 Å². The SMILES string of the molecule is Cc1cc(I)ccc1Nc1ccc(I)cc1C(=O)N(C)c1ccccc1. The lowest BCUT2D eigenvalue weighted by Crippen LogP contribution is -2.27. The number of halogens is 2. The van der Waals surface area contributed by atoms with Crippen LogP contribution in [0.4, 0.5) is 17.1 Å². The molecule has 0 fully saturated rings. The molecule has 0 saturated heterocycles. The first-order chi connectivity index (χ1) is 12.5. The minimum Gasteiger partial charge on any atom is -0.355 e. The summed E-state index contributed by atoms with van der Waals surface area (Å²) >= 11 is 4.54. The molecule has 0 aliphatic carbocycles. The molecule has 0 aliphatic heterocycles. The maximum absolute atomic E-state index is 13.1. The Morgan fingerprint density at radius 2 is 1.50 bits per heavy atom. The Kier molecular flexibility index (Phi) is 6.18. The number of carbonyl (C=O) groups excluding carboxylic acids is 1. The Morgan fingerprint density at radius 1 is 0.885 bits per heavy atom. The molecule has 3 aromatic rings. The van der Waals surface area contributed by atoms with Gasteiger partial charge in [0.15, 0.2) is 0 Å². The van der Waals surface area contributed by atoms with Gasteiger partial charge in [-0.25, -0.2) is 0 Å². The monoisotopic (exact) mass is 568 g/mol. The highest BCUT2D eigenvalue weighted by atomic mass is 127. The average Bonchev–Trinajstić information content (AvgIpc) is 2.64. The molecule has 1 amide bonds. The van der Waals surface area contributed by atoms with Gasteiger partial charge in [0, 0.05) is 25.6 Å². The van der Waals surface area contributed by atoms with Gasteiger partial charge in [-0.05, 0) is 106 Å². The van der Waals surface area contributed by atoms with Crippen molar-refractivity contribution in [3.63, 3.8) is 0 Å². The number of aryl methyl sites for hydroxylation is 1. The molecule has 0 aromatic heterocycles. The summed E-state index contributed by atoms with van der Waals surface area (Å²) in [5.41, 5.74) is 4.48. The van der Waals surface area contributed by atoms with Crippen LogP contribution in [0.1, 0.15) is 15.9 Å². The molecule has 132 valence electrons. The fourth-order valence-electron chi connectivity index (χ4n) is 2.66. The van der Waals surface area contributed by atoms with Gasteiger partial charge in [-0.1, -0.05) is 18.2 Å². The molecule has 0 unspecified atom stereocenters. The largest absolute Gasteiger partial charge is 0.355 e. The summed E-state index contributed by atoms with van der Waals surface area (Å²) in [6.45, 7) is 2.06. The van der Waals surface area contributed by atoms with Crippen LogP contribution < -0.4 is 10.2 Å². The molecule has 0 radical (unpaired) electrons. The van der Waals surface area contributed by atoms with E-state index < -0.39 is 0 Å². The Morgan fingerprint density at radius 3 is 2.15 bits per heavy atom. The van der Waals surface area contributed by atoms with Crippen molar-refractivity contribution in [3.05, 3.63) is 85.0 Å². The lowest BCUT2D eigenvalue weighted by Gasteiger charge is -2.20. The standard InChI is InChI=1S/C21H18I2N2O/c1-14-12-15(22)8-10-19(14)24-20-11-9-16(23)13-18(20)21(26)25(2)17-6-4-3-5-7-17/h3-13,24H,1-2H3. The van der Waals surface area contributed by atoms with E-state index in [-0.39, 0.29) is 5.91 Å². The first-order valence-corrected chi connectivity index (χ1v) is 10.3. The third kappa shape index (κ3) is 4.37. The van der Waals surface area contributed by atoms with Crippen LogP contribution in [0, 0.1) is 14.1 Å². The van der Waals surface area contributed by atoms with Gasteiger partial charge in [-0.15, -0.1) is 0 Å². The summed E-state index contributed by atoms with van der Waals surface area (Å²) in [6, 6.07) is 21.8. The summed E-state index contributed by atoms with van der Waals surface area (Å²) in [6.07, 6.45) is 0. The minimum atomic E-state index is -0.0413. The number of rotatable bonds is 4. The average molecular weight is 568 g/mol. The molecular formula is C21H18I2N2O. The lowest BCUT2D eigenvalue weighted by molar-refractivity contribution is 0.0994. The smallest absolute Gasteiger partial charge is 0.260 e. The van der Waals surface area contributed by atoms with Gasteiger partial charge in [-0.3, -0.25) is 4.79 Å². The zero-order valence-corrected chi connectivity index (χ0v) is 18.8. The number of amides is 1. The molecule has 3 aromatic carbocycles. The number of anilines is 3. The Bertz CT molecular complexity index is 942. The van der Waals surface area contributed by atoms with Gasteiger partial charge >= 0.3 is 0 Å². The first-order valence-electron chi connectivity index (χ1n) is 8.11. The summed E-state index contributed by atoms with van der Waals surface area (Å²) in [7, 11) is 1.80. The van der Waals surface area contributed by atoms with Gasteiger partial charge in [0.2, 0.25) is 0 Å². The van der Waals surface area contributed by atoms with E-state index in [0.717, 1.165) is 26.2 Å². The Labute approximate surface area is 181 Å². The molecule has 26 heavy (non-hydrogen) atoms. The molecule has 3 rings (SSSR count). The molecule has 1 N–H and O–H groups in total. The summed E-state index contributed by atoms with van der Waals surface area (Å²) < 4.78 is 2.21. The topological polar surface area (TPSA) is 32.3 Å². The van der Waals surface area contributed by atoms with E-state index in [2.05, 4.69) is 69.6 Å². The second-order valence-corrected chi connectivity index (χ2v) is 8.47. The highest BCUT2D eigenvalue weighted by Gasteiger charge is 2.18. The highest BCUT2D eigenvalue weighted by molar-refractivity contribution is 14.1. The van der Waals surface area contributed by atoms with E-state index in [1.54, 1.807) is 11.9 Å². The van der Waals surface area contributed by atoms with E-state index in [4.69, 9.17) is 0 Å². The highest BCUT2D eigenvalue weighted by Crippen LogP contribution is 2.28. The van der Waals surface area contributed by atoms with Crippen molar-refractivity contribution < 1.29 is 4.79 Å². The number of carbonyl (C=O) groups is 1. The van der Waals surface area contributed by atoms with E-state index in [1.807, 2.05) is 54.6 Å². The van der Waals surface area contributed by atoms with Crippen molar-refractivity contribution in [1.82, 2.24) is 0 Å². The van der Waals surface area contributed by atoms with Gasteiger partial charge < -0.3 is 10.2 Å².